The largest absolute Gasteiger partial charge is 0.361 e. The zero-order valence-electron chi connectivity index (χ0n) is 16.3. The predicted molar refractivity (Wildman–Crippen MR) is 106 cm³/mol. The van der Waals surface area contributed by atoms with Crippen molar-refractivity contribution in [2.75, 3.05) is 19.6 Å². The fourth-order valence-corrected chi connectivity index (χ4v) is 4.49. The lowest BCUT2D eigenvalue weighted by molar-refractivity contribution is -0.139. The van der Waals surface area contributed by atoms with Crippen molar-refractivity contribution < 1.29 is 14.4 Å². The van der Waals surface area contributed by atoms with E-state index in [-0.39, 0.29) is 18.4 Å². The smallest absolute Gasteiger partial charge is 0.325 e. The molecule has 2 aliphatic heterocycles. The Morgan fingerprint density at radius 3 is 2.61 bits per heavy atom. The first kappa shape index (κ1) is 18.5. The molecule has 7 nitrogen and oxygen atoms in total. The minimum atomic E-state index is -0.640. The first-order chi connectivity index (χ1) is 13.4. The van der Waals surface area contributed by atoms with Crippen molar-refractivity contribution in [2.24, 2.45) is 11.8 Å². The molecule has 0 bridgehead atoms. The van der Waals surface area contributed by atoms with Gasteiger partial charge in [0.15, 0.2) is 0 Å². The standard InChI is InChI=1S/C21H26N4O3/c1-13-7-14(2)11-24(10-13)19(26)12-25-20(27)18(23-21(25)28)8-15-9-22-17-6-4-3-5-16(15)17/h3-6,9,13-14,18,22H,7-8,10-12H2,1-2H3,(H,23,28)/t13-,14+,18-/m1/s1. The molecule has 4 rings (SSSR count). The van der Waals surface area contributed by atoms with Crippen LogP contribution in [0.2, 0.25) is 0 Å². The van der Waals surface area contributed by atoms with Gasteiger partial charge in [-0.15, -0.1) is 0 Å². The molecule has 28 heavy (non-hydrogen) atoms. The number of H-pyrrole nitrogens is 1. The molecule has 0 radical (unpaired) electrons. The van der Waals surface area contributed by atoms with Crippen LogP contribution in [0.4, 0.5) is 4.79 Å². The van der Waals surface area contributed by atoms with E-state index in [2.05, 4.69) is 24.1 Å². The molecule has 2 aromatic rings. The van der Waals surface area contributed by atoms with E-state index in [1.54, 1.807) is 4.90 Å². The maximum atomic E-state index is 12.8. The molecule has 2 fully saturated rings. The van der Waals surface area contributed by atoms with E-state index in [4.69, 9.17) is 0 Å². The average Bonchev–Trinajstić information content (AvgIpc) is 3.17. The number of para-hydroxylation sites is 1. The highest BCUT2D eigenvalue weighted by atomic mass is 16.2. The maximum Gasteiger partial charge on any atom is 0.325 e. The van der Waals surface area contributed by atoms with Gasteiger partial charge < -0.3 is 15.2 Å². The van der Waals surface area contributed by atoms with Gasteiger partial charge in [0.25, 0.3) is 5.91 Å². The van der Waals surface area contributed by atoms with Crippen LogP contribution in [0, 0.1) is 11.8 Å². The number of urea groups is 1. The molecule has 4 amide bonds. The molecular weight excluding hydrogens is 356 g/mol. The van der Waals surface area contributed by atoms with Gasteiger partial charge in [0.2, 0.25) is 5.91 Å². The Morgan fingerprint density at radius 1 is 1.14 bits per heavy atom. The Balaban J connectivity index is 1.43. The van der Waals surface area contributed by atoms with Gasteiger partial charge in [0.05, 0.1) is 0 Å². The van der Waals surface area contributed by atoms with Crippen LogP contribution >= 0.6 is 0 Å². The first-order valence-electron chi connectivity index (χ1n) is 9.87. The van der Waals surface area contributed by atoms with Gasteiger partial charge >= 0.3 is 6.03 Å². The summed E-state index contributed by atoms with van der Waals surface area (Å²) in [7, 11) is 0. The van der Waals surface area contributed by atoms with E-state index < -0.39 is 12.1 Å². The Bertz CT molecular complexity index is 911. The van der Waals surface area contributed by atoms with Gasteiger partial charge in [-0.05, 0) is 29.9 Å². The Labute approximate surface area is 164 Å². The number of hydrogen-bond donors (Lipinski definition) is 2. The van der Waals surface area contributed by atoms with Crippen LogP contribution in [0.1, 0.15) is 25.8 Å². The lowest BCUT2D eigenvalue weighted by Gasteiger charge is -2.35. The molecule has 0 aliphatic carbocycles. The molecule has 0 unspecified atom stereocenters. The highest BCUT2D eigenvalue weighted by Crippen LogP contribution is 2.23. The molecule has 3 atom stereocenters. The summed E-state index contributed by atoms with van der Waals surface area (Å²) in [4.78, 5) is 43.8. The van der Waals surface area contributed by atoms with E-state index in [0.29, 0.717) is 31.3 Å². The fraction of sp³-hybridized carbons (Fsp3) is 0.476. The normalized spacial score (nSPS) is 25.4. The van der Waals surface area contributed by atoms with E-state index >= 15 is 0 Å². The highest BCUT2D eigenvalue weighted by Gasteiger charge is 2.40. The summed E-state index contributed by atoms with van der Waals surface area (Å²) in [5.74, 6) is 0.382. The number of nitrogens with zero attached hydrogens (tertiary/aromatic N) is 2. The van der Waals surface area contributed by atoms with Crippen LogP contribution in [0.5, 0.6) is 0 Å². The van der Waals surface area contributed by atoms with Crippen molar-refractivity contribution in [3.05, 3.63) is 36.0 Å². The summed E-state index contributed by atoms with van der Waals surface area (Å²) in [6.45, 7) is 5.44. The molecule has 0 saturated carbocycles. The van der Waals surface area contributed by atoms with Crippen molar-refractivity contribution in [3.63, 3.8) is 0 Å². The number of nitrogens with one attached hydrogen (secondary N) is 2. The molecule has 2 aliphatic rings. The Morgan fingerprint density at radius 2 is 1.86 bits per heavy atom. The highest BCUT2D eigenvalue weighted by molar-refractivity contribution is 6.06. The molecule has 1 aromatic carbocycles. The Kier molecular flexibility index (Phi) is 4.83. The Hall–Kier alpha value is -2.83. The number of piperidine rings is 1. The summed E-state index contributed by atoms with van der Waals surface area (Å²) in [5, 5.41) is 3.77. The second-order valence-corrected chi connectivity index (χ2v) is 8.23. The molecule has 2 N–H and O–H groups in total. The second-order valence-electron chi connectivity index (χ2n) is 8.23. The van der Waals surface area contributed by atoms with Crippen LogP contribution in [0.25, 0.3) is 10.9 Å². The van der Waals surface area contributed by atoms with Crippen molar-refractivity contribution in [3.8, 4) is 0 Å². The predicted octanol–water partition coefficient (Wildman–Crippen LogP) is 2.14. The van der Waals surface area contributed by atoms with E-state index in [0.717, 1.165) is 27.8 Å². The zero-order valence-corrected chi connectivity index (χ0v) is 16.3. The van der Waals surface area contributed by atoms with Gasteiger partial charge in [-0.3, -0.25) is 14.5 Å². The summed E-state index contributed by atoms with van der Waals surface area (Å²) in [6.07, 6.45) is 3.37. The SMILES string of the molecule is C[C@@H]1C[C@H](C)CN(C(=O)CN2C(=O)N[C@H](Cc3c[nH]c4ccccc34)C2=O)C1. The number of likely N-dealkylation sites (tertiary alicyclic amines) is 1. The fourth-order valence-electron chi connectivity index (χ4n) is 4.49. The van der Waals surface area contributed by atoms with Gasteiger partial charge in [0, 0.05) is 36.6 Å². The molecular formula is C21H26N4O3. The van der Waals surface area contributed by atoms with Crippen molar-refractivity contribution in [2.45, 2.75) is 32.7 Å². The summed E-state index contributed by atoms with van der Waals surface area (Å²) in [5.41, 5.74) is 1.97. The van der Waals surface area contributed by atoms with Gasteiger partial charge in [-0.2, -0.15) is 0 Å². The van der Waals surface area contributed by atoms with Crippen LogP contribution in [-0.4, -0.2) is 58.3 Å². The van der Waals surface area contributed by atoms with E-state index in [1.165, 1.54) is 0 Å². The molecule has 7 heteroatoms. The third-order valence-corrected chi connectivity index (χ3v) is 5.72. The lowest BCUT2D eigenvalue weighted by atomic mass is 9.92. The number of amides is 4. The maximum absolute atomic E-state index is 12.8. The van der Waals surface area contributed by atoms with E-state index in [1.807, 2.05) is 30.5 Å². The van der Waals surface area contributed by atoms with Gasteiger partial charge in [0.1, 0.15) is 12.6 Å². The van der Waals surface area contributed by atoms with E-state index in [9.17, 15) is 14.4 Å². The lowest BCUT2D eigenvalue weighted by Crippen LogP contribution is -2.48. The first-order valence-corrected chi connectivity index (χ1v) is 9.87. The van der Waals surface area contributed by atoms with Crippen molar-refractivity contribution in [1.82, 2.24) is 20.1 Å². The number of aromatic nitrogens is 1. The van der Waals surface area contributed by atoms with Crippen LogP contribution in [-0.2, 0) is 16.0 Å². The quantitative estimate of drug-likeness (QED) is 0.795. The number of fused-ring (bicyclic) bond motifs is 1. The molecule has 2 saturated heterocycles. The molecule has 3 heterocycles. The number of hydrogen-bond acceptors (Lipinski definition) is 3. The number of rotatable bonds is 4. The zero-order chi connectivity index (χ0) is 19.8. The molecule has 1 aromatic heterocycles. The minimum Gasteiger partial charge on any atom is -0.361 e. The van der Waals surface area contributed by atoms with Gasteiger partial charge in [-0.1, -0.05) is 32.0 Å². The number of carbonyl (C=O) groups excluding carboxylic acids is 3. The number of imide groups is 1. The summed E-state index contributed by atoms with van der Waals surface area (Å²) in [6, 6.07) is 6.73. The summed E-state index contributed by atoms with van der Waals surface area (Å²) >= 11 is 0. The third kappa shape index (κ3) is 3.48. The van der Waals surface area contributed by atoms with Crippen molar-refractivity contribution in [1.29, 1.82) is 0 Å². The minimum absolute atomic E-state index is 0.158. The second kappa shape index (κ2) is 7.30. The topological polar surface area (TPSA) is 85.5 Å². The van der Waals surface area contributed by atoms with Crippen molar-refractivity contribution >= 4 is 28.7 Å². The third-order valence-electron chi connectivity index (χ3n) is 5.72. The van der Waals surface area contributed by atoms with Gasteiger partial charge in [-0.25, -0.2) is 4.79 Å². The molecule has 0 spiro atoms. The van der Waals surface area contributed by atoms with Crippen LogP contribution in [0.15, 0.2) is 30.5 Å². The summed E-state index contributed by atoms with van der Waals surface area (Å²) < 4.78 is 0. The van der Waals surface area contributed by atoms with Crippen LogP contribution < -0.4 is 5.32 Å². The number of benzene rings is 1. The van der Waals surface area contributed by atoms with Crippen LogP contribution in [0.3, 0.4) is 0 Å². The molecule has 148 valence electrons. The number of aromatic amines is 1. The average molecular weight is 382 g/mol. The monoisotopic (exact) mass is 382 g/mol. The number of carbonyl (C=O) groups is 3.